The number of carboxylic acid groups (broad SMARTS) is 2. The molecular formula is C14H12CuN2O4. The molecule has 0 fully saturated rings. The van der Waals surface area contributed by atoms with Crippen molar-refractivity contribution in [3.63, 3.8) is 0 Å². The van der Waals surface area contributed by atoms with Crippen LogP contribution in [0.4, 0.5) is 11.4 Å². The van der Waals surface area contributed by atoms with E-state index in [1.165, 1.54) is 24.3 Å². The third-order valence-corrected chi connectivity index (χ3v) is 2.36. The van der Waals surface area contributed by atoms with Crippen LogP contribution in [0, 0.1) is 0 Å². The minimum Gasteiger partial charge on any atom is -0.545 e. The second kappa shape index (κ2) is 8.63. The summed E-state index contributed by atoms with van der Waals surface area (Å²) in [6.45, 7) is 0. The summed E-state index contributed by atoms with van der Waals surface area (Å²) in [7, 11) is 0. The molecule has 2 rings (SSSR count). The molecule has 0 unspecified atom stereocenters. The van der Waals surface area contributed by atoms with Gasteiger partial charge in [0.15, 0.2) is 0 Å². The Bertz CT molecular complexity index is 576. The summed E-state index contributed by atoms with van der Waals surface area (Å²) in [6, 6.07) is 12.4. The largest absolute Gasteiger partial charge is 2.00 e. The molecule has 0 aliphatic heterocycles. The zero-order valence-electron chi connectivity index (χ0n) is 10.7. The van der Waals surface area contributed by atoms with Gasteiger partial charge in [-0.05, 0) is 12.1 Å². The number of benzene rings is 2. The van der Waals surface area contributed by atoms with Crippen LogP contribution in [-0.4, -0.2) is 11.9 Å². The fourth-order valence-corrected chi connectivity index (χ4v) is 1.37. The molecule has 0 aromatic heterocycles. The Morgan fingerprint density at radius 1 is 0.714 bits per heavy atom. The van der Waals surface area contributed by atoms with Crippen LogP contribution in [0.15, 0.2) is 48.5 Å². The van der Waals surface area contributed by atoms with Crippen molar-refractivity contribution < 1.29 is 36.9 Å². The molecule has 4 N–H and O–H groups in total. The van der Waals surface area contributed by atoms with E-state index in [9.17, 15) is 19.8 Å². The molecule has 0 amide bonds. The predicted molar refractivity (Wildman–Crippen MR) is 70.4 cm³/mol. The molecule has 6 nitrogen and oxygen atoms in total. The van der Waals surface area contributed by atoms with Crippen LogP contribution >= 0.6 is 0 Å². The summed E-state index contributed by atoms with van der Waals surface area (Å²) in [5, 5.41) is 20.5. The van der Waals surface area contributed by atoms with Gasteiger partial charge in [-0.25, -0.2) is 0 Å². The first-order valence-corrected chi connectivity index (χ1v) is 5.55. The van der Waals surface area contributed by atoms with Crippen LogP contribution in [0.3, 0.4) is 0 Å². The van der Waals surface area contributed by atoms with E-state index in [1.54, 1.807) is 24.3 Å². The first-order chi connectivity index (χ1) is 9.43. The van der Waals surface area contributed by atoms with Gasteiger partial charge in [-0.2, -0.15) is 0 Å². The number of carbonyl (C=O) groups excluding carboxylic acids is 2. The first kappa shape index (κ1) is 18.5. The molecule has 21 heavy (non-hydrogen) atoms. The van der Waals surface area contributed by atoms with Gasteiger partial charge < -0.3 is 31.3 Å². The van der Waals surface area contributed by atoms with Crippen LogP contribution in [0.2, 0.25) is 0 Å². The molecule has 0 atom stereocenters. The van der Waals surface area contributed by atoms with Crippen molar-refractivity contribution in [1.29, 1.82) is 0 Å². The summed E-state index contributed by atoms with van der Waals surface area (Å²) < 4.78 is 0. The van der Waals surface area contributed by atoms with Crippen LogP contribution in [0.25, 0.3) is 0 Å². The molecule has 2 aromatic rings. The monoisotopic (exact) mass is 335 g/mol. The van der Waals surface area contributed by atoms with Crippen molar-refractivity contribution in [3.05, 3.63) is 59.7 Å². The number of carbonyl (C=O) groups is 2. The molecule has 0 spiro atoms. The van der Waals surface area contributed by atoms with E-state index in [1.807, 2.05) is 0 Å². The number of anilines is 2. The molecule has 0 aliphatic carbocycles. The van der Waals surface area contributed by atoms with Gasteiger partial charge in [0.2, 0.25) is 0 Å². The summed E-state index contributed by atoms with van der Waals surface area (Å²) in [5.41, 5.74) is 11.2. The van der Waals surface area contributed by atoms with Crippen molar-refractivity contribution in [2.45, 2.75) is 0 Å². The molecular weight excluding hydrogens is 324 g/mol. The zero-order valence-corrected chi connectivity index (χ0v) is 11.6. The van der Waals surface area contributed by atoms with Crippen molar-refractivity contribution in [2.75, 3.05) is 11.5 Å². The van der Waals surface area contributed by atoms with Gasteiger partial charge >= 0.3 is 17.1 Å². The summed E-state index contributed by atoms with van der Waals surface area (Å²) in [6.07, 6.45) is 0. The molecule has 0 bridgehead atoms. The van der Waals surface area contributed by atoms with Gasteiger partial charge in [0.05, 0.1) is 11.9 Å². The molecule has 0 saturated carbocycles. The second-order valence-corrected chi connectivity index (χ2v) is 3.75. The van der Waals surface area contributed by atoms with E-state index in [2.05, 4.69) is 0 Å². The molecule has 0 aliphatic rings. The summed E-state index contributed by atoms with van der Waals surface area (Å²) >= 11 is 0. The van der Waals surface area contributed by atoms with E-state index in [0.717, 1.165) is 0 Å². The summed E-state index contributed by atoms with van der Waals surface area (Å²) in [5.74, 6) is -2.48. The summed E-state index contributed by atoms with van der Waals surface area (Å²) in [4.78, 5) is 20.5. The van der Waals surface area contributed by atoms with E-state index in [-0.39, 0.29) is 39.6 Å². The maximum Gasteiger partial charge on any atom is 2.00 e. The molecule has 7 heteroatoms. The third-order valence-electron chi connectivity index (χ3n) is 2.36. The minimum atomic E-state index is -1.24. The molecule has 2 aromatic carbocycles. The van der Waals surface area contributed by atoms with Gasteiger partial charge in [-0.3, -0.25) is 0 Å². The van der Waals surface area contributed by atoms with Gasteiger partial charge in [-0.1, -0.05) is 36.4 Å². The Kier molecular flexibility index (Phi) is 7.60. The molecule has 0 saturated heterocycles. The number of hydrogen-bond donors (Lipinski definition) is 2. The number of nitrogens with two attached hydrogens (primary N) is 2. The Morgan fingerprint density at radius 3 is 1.19 bits per heavy atom. The van der Waals surface area contributed by atoms with E-state index in [4.69, 9.17) is 11.5 Å². The fourth-order valence-electron chi connectivity index (χ4n) is 1.37. The van der Waals surface area contributed by atoms with Crippen molar-refractivity contribution in [3.8, 4) is 0 Å². The quantitative estimate of drug-likeness (QED) is 0.548. The standard InChI is InChI=1S/2C7H7NO2.Cu/c2*8-6-4-2-1-3-5(6)7(9)10;/h2*1-4H,8H2,(H,9,10);/q;;+2/p-2. The fraction of sp³-hybridized carbons (Fsp3) is 0. The van der Waals surface area contributed by atoms with E-state index >= 15 is 0 Å². The van der Waals surface area contributed by atoms with Gasteiger partial charge in [0.25, 0.3) is 0 Å². The van der Waals surface area contributed by atoms with Crippen LogP contribution in [-0.2, 0) is 17.1 Å². The van der Waals surface area contributed by atoms with Crippen molar-refractivity contribution in [2.24, 2.45) is 0 Å². The predicted octanol–water partition coefficient (Wildman–Crippen LogP) is -0.738. The van der Waals surface area contributed by atoms with Gasteiger partial charge in [0.1, 0.15) is 0 Å². The molecule has 113 valence electrons. The number of rotatable bonds is 2. The van der Waals surface area contributed by atoms with Gasteiger partial charge in [-0.15, -0.1) is 0 Å². The Hall–Kier alpha value is -2.50. The third kappa shape index (κ3) is 5.56. The van der Waals surface area contributed by atoms with E-state index < -0.39 is 11.9 Å². The van der Waals surface area contributed by atoms with E-state index in [0.29, 0.717) is 0 Å². The SMILES string of the molecule is Nc1ccccc1C(=O)[O-].Nc1ccccc1C(=O)[O-].[Cu+2]. The maximum absolute atomic E-state index is 10.2. The van der Waals surface area contributed by atoms with Gasteiger partial charge in [0, 0.05) is 22.5 Å². The Labute approximate surface area is 131 Å². The smallest absolute Gasteiger partial charge is 0.545 e. The number of carboxylic acids is 2. The molecule has 1 radical (unpaired) electrons. The number of para-hydroxylation sites is 2. The van der Waals surface area contributed by atoms with Crippen molar-refractivity contribution >= 4 is 23.3 Å². The number of aromatic carboxylic acids is 2. The topological polar surface area (TPSA) is 132 Å². The van der Waals surface area contributed by atoms with Crippen LogP contribution in [0.1, 0.15) is 20.7 Å². The van der Waals surface area contributed by atoms with Crippen LogP contribution < -0.4 is 21.7 Å². The Balaban J connectivity index is 0.000000364. The maximum atomic E-state index is 10.2. The minimum absolute atomic E-state index is 0. The Morgan fingerprint density at radius 2 is 1.00 bits per heavy atom. The van der Waals surface area contributed by atoms with Crippen molar-refractivity contribution in [1.82, 2.24) is 0 Å². The average molecular weight is 336 g/mol. The average Bonchev–Trinajstić information content (AvgIpc) is 2.40. The first-order valence-electron chi connectivity index (χ1n) is 5.55. The second-order valence-electron chi connectivity index (χ2n) is 3.75. The molecule has 0 heterocycles. The normalized spacial score (nSPS) is 8.76. The number of hydrogen-bond acceptors (Lipinski definition) is 6. The van der Waals surface area contributed by atoms with Crippen LogP contribution in [0.5, 0.6) is 0 Å². The number of nitrogen functional groups attached to an aromatic ring is 2. The zero-order chi connectivity index (χ0) is 15.1.